The van der Waals surface area contributed by atoms with E-state index in [1.807, 2.05) is 73.7 Å². The number of hydrogen-bond donors (Lipinski definition) is 0. The zero-order chi connectivity index (χ0) is 22.4. The quantitative estimate of drug-likeness (QED) is 0.231. The van der Waals surface area contributed by atoms with Gasteiger partial charge in [-0.1, -0.05) is 116 Å². The Bertz CT molecular complexity index is 1000. The van der Waals surface area contributed by atoms with Crippen LogP contribution in [-0.2, 0) is 4.43 Å². The molecule has 1 aliphatic carbocycles. The summed E-state index contributed by atoms with van der Waals surface area (Å²) < 4.78 is 6.98. The van der Waals surface area contributed by atoms with Gasteiger partial charge in [-0.15, -0.1) is 0 Å². The van der Waals surface area contributed by atoms with E-state index in [9.17, 15) is 10.1 Å². The van der Waals surface area contributed by atoms with E-state index in [0.29, 0.717) is 6.42 Å². The third-order valence-electron chi connectivity index (χ3n) is 6.41. The first kappa shape index (κ1) is 21.9. The average molecular weight is 442 g/mol. The van der Waals surface area contributed by atoms with Gasteiger partial charge in [0.1, 0.15) is 0 Å². The number of nitro groups is 1. The molecule has 0 aliphatic heterocycles. The molecule has 3 aromatic rings. The van der Waals surface area contributed by atoms with E-state index < -0.39 is 13.9 Å². The normalized spacial score (nSPS) is 20.2. The van der Waals surface area contributed by atoms with Gasteiger partial charge in [0.15, 0.2) is 0 Å². The Morgan fingerprint density at radius 1 is 0.844 bits per heavy atom. The molecule has 0 saturated carbocycles. The van der Waals surface area contributed by atoms with Gasteiger partial charge in [-0.25, -0.2) is 0 Å². The van der Waals surface area contributed by atoms with Crippen molar-refractivity contribution < 1.29 is 9.35 Å². The Labute approximate surface area is 190 Å². The Balaban J connectivity index is 1.84. The lowest BCUT2D eigenvalue weighted by molar-refractivity contribution is -0.564. The summed E-state index contributed by atoms with van der Waals surface area (Å²) in [6.45, 7) is 2.14. The number of nitrogens with zero attached hydrogens (tertiary/aromatic N) is 1. The first-order valence-corrected chi connectivity index (χ1v) is 12.9. The fourth-order valence-electron chi connectivity index (χ4n) is 4.60. The first-order valence-electron chi connectivity index (χ1n) is 10.9. The molecule has 0 N–H and O–H groups in total. The number of benzene rings is 3. The molecule has 0 amide bonds. The molecule has 0 heterocycles. The van der Waals surface area contributed by atoms with Crippen LogP contribution in [0.5, 0.6) is 0 Å². The second-order valence-electron chi connectivity index (χ2n) is 8.04. The predicted molar refractivity (Wildman–Crippen MR) is 132 cm³/mol. The molecule has 162 valence electrons. The first-order chi connectivity index (χ1) is 15.6. The van der Waals surface area contributed by atoms with Crippen molar-refractivity contribution in [2.45, 2.75) is 18.9 Å². The van der Waals surface area contributed by atoms with Crippen molar-refractivity contribution in [3.63, 3.8) is 0 Å². The lowest BCUT2D eigenvalue weighted by atomic mass is 9.79. The van der Waals surface area contributed by atoms with Crippen molar-refractivity contribution in [3.05, 3.63) is 125 Å². The zero-order valence-electron chi connectivity index (χ0n) is 18.1. The molecule has 0 aromatic heterocycles. The maximum Gasteiger partial charge on any atom is 0.288 e. The van der Waals surface area contributed by atoms with Gasteiger partial charge in [-0.3, -0.25) is 10.1 Å². The van der Waals surface area contributed by atoms with Crippen molar-refractivity contribution in [3.8, 4) is 0 Å². The Kier molecular flexibility index (Phi) is 6.49. The molecule has 4 nitrogen and oxygen atoms in total. The minimum atomic E-state index is -2.90. The summed E-state index contributed by atoms with van der Waals surface area (Å²) in [5.41, 5.74) is -1.15. The van der Waals surface area contributed by atoms with Gasteiger partial charge in [-0.05, 0) is 21.6 Å². The van der Waals surface area contributed by atoms with Gasteiger partial charge < -0.3 is 4.43 Å². The summed E-state index contributed by atoms with van der Waals surface area (Å²) in [6, 6.07) is 30.9. The molecule has 0 fully saturated rings. The monoisotopic (exact) mass is 441 g/mol. The van der Waals surface area contributed by atoms with Crippen LogP contribution in [0.3, 0.4) is 0 Å². The van der Waals surface area contributed by atoms with Crippen molar-refractivity contribution >= 4 is 23.9 Å². The molecule has 0 bridgehead atoms. The molecule has 0 saturated heterocycles. The van der Waals surface area contributed by atoms with Crippen LogP contribution in [0.2, 0.25) is 0 Å². The van der Waals surface area contributed by atoms with E-state index in [4.69, 9.17) is 4.43 Å². The van der Waals surface area contributed by atoms with Crippen LogP contribution in [0.4, 0.5) is 0 Å². The number of rotatable bonds is 8. The summed E-state index contributed by atoms with van der Waals surface area (Å²) in [5.74, 6) is -0.351. The fourth-order valence-corrected chi connectivity index (χ4v) is 8.51. The van der Waals surface area contributed by atoms with Crippen LogP contribution in [0, 0.1) is 16.0 Å². The Morgan fingerprint density at radius 3 is 1.72 bits per heavy atom. The van der Waals surface area contributed by atoms with E-state index >= 15 is 0 Å². The maximum atomic E-state index is 12.1. The van der Waals surface area contributed by atoms with E-state index in [2.05, 4.69) is 36.4 Å². The molecule has 4 rings (SSSR count). The highest BCUT2D eigenvalue weighted by Crippen LogP contribution is 2.32. The maximum absolute atomic E-state index is 12.1. The molecule has 32 heavy (non-hydrogen) atoms. The molecule has 5 heteroatoms. The minimum Gasteiger partial charge on any atom is -0.403 e. The Hall–Kier alpha value is -3.28. The van der Waals surface area contributed by atoms with Crippen LogP contribution in [-0.4, -0.2) is 25.4 Å². The van der Waals surface area contributed by atoms with E-state index in [0.717, 1.165) is 15.6 Å². The average Bonchev–Trinajstić information content (AvgIpc) is 2.86. The lowest BCUT2D eigenvalue weighted by Gasteiger charge is -2.36. The molecular weight excluding hydrogens is 414 g/mol. The van der Waals surface area contributed by atoms with Crippen molar-refractivity contribution in [1.29, 1.82) is 0 Å². The third-order valence-corrected chi connectivity index (χ3v) is 10.4. The summed E-state index contributed by atoms with van der Waals surface area (Å²) in [5, 5.41) is 15.5. The van der Waals surface area contributed by atoms with Crippen molar-refractivity contribution in [1.82, 2.24) is 0 Å². The van der Waals surface area contributed by atoms with Gasteiger partial charge >= 0.3 is 0 Å². The van der Waals surface area contributed by atoms with Gasteiger partial charge in [-0.2, -0.15) is 0 Å². The summed E-state index contributed by atoms with van der Waals surface area (Å²) >= 11 is 0. The van der Waals surface area contributed by atoms with Gasteiger partial charge in [0.2, 0.25) is 5.54 Å². The van der Waals surface area contributed by atoms with Crippen LogP contribution < -0.4 is 15.6 Å². The van der Waals surface area contributed by atoms with Crippen LogP contribution in [0.15, 0.2) is 115 Å². The van der Waals surface area contributed by atoms with Gasteiger partial charge in [0.25, 0.3) is 8.32 Å². The van der Waals surface area contributed by atoms with Crippen LogP contribution in [0.1, 0.15) is 13.3 Å². The SMILES string of the molecule is CCC1([N+](=O)[O-])C=CC=CC1CO[Si](c1ccccc1)(c1ccccc1)c1ccccc1. The van der Waals surface area contributed by atoms with E-state index in [1.165, 1.54) is 0 Å². The van der Waals surface area contributed by atoms with E-state index in [1.54, 1.807) is 12.2 Å². The molecule has 2 unspecified atom stereocenters. The fraction of sp³-hybridized carbons (Fsp3) is 0.185. The van der Waals surface area contributed by atoms with E-state index in [-0.39, 0.29) is 17.4 Å². The molecular formula is C27H27NO3Si. The second-order valence-corrected chi connectivity index (χ2v) is 11.4. The highest BCUT2D eigenvalue weighted by atomic mass is 28.4. The number of hydrogen-bond acceptors (Lipinski definition) is 3. The van der Waals surface area contributed by atoms with Crippen molar-refractivity contribution in [2.24, 2.45) is 5.92 Å². The highest BCUT2D eigenvalue weighted by Gasteiger charge is 2.49. The number of allylic oxidation sites excluding steroid dienone is 2. The van der Waals surface area contributed by atoms with Crippen molar-refractivity contribution in [2.75, 3.05) is 6.61 Å². The highest BCUT2D eigenvalue weighted by molar-refractivity contribution is 7.07. The molecule has 2 atom stereocenters. The molecule has 1 aliphatic rings. The lowest BCUT2D eigenvalue weighted by Crippen LogP contribution is -2.70. The molecule has 0 radical (unpaired) electrons. The largest absolute Gasteiger partial charge is 0.403 e. The minimum absolute atomic E-state index is 0.155. The second kappa shape index (κ2) is 9.47. The van der Waals surface area contributed by atoms with Gasteiger partial charge in [0.05, 0.1) is 5.92 Å². The zero-order valence-corrected chi connectivity index (χ0v) is 19.1. The predicted octanol–water partition coefficient (Wildman–Crippen LogP) is 3.84. The van der Waals surface area contributed by atoms with Gasteiger partial charge in [0, 0.05) is 18.0 Å². The Morgan fingerprint density at radius 2 is 1.31 bits per heavy atom. The molecule has 0 spiro atoms. The smallest absolute Gasteiger partial charge is 0.288 e. The molecule has 3 aromatic carbocycles. The summed E-state index contributed by atoms with van der Waals surface area (Å²) in [6.07, 6.45) is 7.72. The topological polar surface area (TPSA) is 52.4 Å². The summed E-state index contributed by atoms with van der Waals surface area (Å²) in [7, 11) is -2.90. The van der Waals surface area contributed by atoms with Crippen LogP contribution >= 0.6 is 0 Å². The summed E-state index contributed by atoms with van der Waals surface area (Å²) in [4.78, 5) is 12.0. The standard InChI is InChI=1S/C27H27NO3Si/c1-2-27(28(29)30)21-13-12-14-23(27)22-31-32(24-15-6-3-7-16-24,25-17-8-4-9-18-25)26-19-10-5-11-20-26/h3-21,23H,2,22H2,1H3. The third kappa shape index (κ3) is 3.85. The van der Waals surface area contributed by atoms with Crippen LogP contribution in [0.25, 0.3) is 0 Å².